The number of anilines is 2. The van der Waals surface area contributed by atoms with Gasteiger partial charge in [-0.05, 0) is 43.0 Å². The van der Waals surface area contributed by atoms with Crippen molar-refractivity contribution in [2.24, 2.45) is 5.92 Å². The molecule has 0 bridgehead atoms. The van der Waals surface area contributed by atoms with E-state index in [0.29, 0.717) is 31.1 Å². The van der Waals surface area contributed by atoms with Crippen LogP contribution in [0.5, 0.6) is 0 Å². The van der Waals surface area contributed by atoms with Gasteiger partial charge in [0.1, 0.15) is 6.07 Å². The monoisotopic (exact) mass is 404 g/mol. The number of aromatic nitrogens is 2. The minimum atomic E-state index is -4.41. The van der Waals surface area contributed by atoms with E-state index < -0.39 is 17.8 Å². The Morgan fingerprint density at radius 1 is 1.17 bits per heavy atom. The molecule has 0 saturated carbocycles. The third-order valence-electron chi connectivity index (χ3n) is 4.72. The number of urea groups is 1. The molecule has 0 radical (unpaired) electrons. The number of rotatable bonds is 4. The smallest absolute Gasteiger partial charge is 0.354 e. The molecule has 10 heteroatoms. The van der Waals surface area contributed by atoms with Gasteiger partial charge in [-0.3, -0.25) is 0 Å². The highest BCUT2D eigenvalue weighted by atomic mass is 19.4. The van der Waals surface area contributed by atoms with Gasteiger partial charge in [0.25, 0.3) is 0 Å². The molecule has 29 heavy (non-hydrogen) atoms. The number of nitrogens with zero attached hydrogens (tertiary/aromatic N) is 4. The number of carbonyl (C=O) groups is 1. The van der Waals surface area contributed by atoms with Crippen LogP contribution in [0, 0.1) is 17.2 Å². The molecule has 7 nitrogen and oxygen atoms in total. The largest absolute Gasteiger partial charge is 0.416 e. The third kappa shape index (κ3) is 5.34. The number of carbonyl (C=O) groups excluding carboxylic acids is 1. The fourth-order valence-corrected chi connectivity index (χ4v) is 3.14. The molecule has 1 fully saturated rings. The summed E-state index contributed by atoms with van der Waals surface area (Å²) < 4.78 is 37.7. The SMILES string of the molecule is N#Cc1nccnc1N1CCC(CNC(=O)Nc2ccc(C(F)(F)F)cc2)CC1. The van der Waals surface area contributed by atoms with Gasteiger partial charge < -0.3 is 15.5 Å². The van der Waals surface area contributed by atoms with Crippen LogP contribution >= 0.6 is 0 Å². The molecule has 0 unspecified atom stereocenters. The Kier molecular flexibility index (Phi) is 6.16. The van der Waals surface area contributed by atoms with Crippen molar-refractivity contribution in [3.05, 3.63) is 47.9 Å². The van der Waals surface area contributed by atoms with Crippen LogP contribution in [0.3, 0.4) is 0 Å². The van der Waals surface area contributed by atoms with Crippen molar-refractivity contribution in [3.8, 4) is 6.07 Å². The molecule has 3 rings (SSSR count). The summed E-state index contributed by atoms with van der Waals surface area (Å²) in [6, 6.07) is 5.85. The summed E-state index contributed by atoms with van der Waals surface area (Å²) in [7, 11) is 0. The van der Waals surface area contributed by atoms with Gasteiger partial charge in [0.2, 0.25) is 0 Å². The lowest BCUT2D eigenvalue weighted by atomic mass is 9.97. The van der Waals surface area contributed by atoms with E-state index in [9.17, 15) is 18.0 Å². The first-order chi connectivity index (χ1) is 13.9. The predicted octanol–water partition coefficient (Wildman–Crippen LogP) is 3.41. The van der Waals surface area contributed by atoms with Crippen LogP contribution in [0.4, 0.5) is 29.5 Å². The fourth-order valence-electron chi connectivity index (χ4n) is 3.14. The minimum Gasteiger partial charge on any atom is -0.354 e. The maximum Gasteiger partial charge on any atom is 0.416 e. The van der Waals surface area contributed by atoms with Crippen molar-refractivity contribution >= 4 is 17.5 Å². The highest BCUT2D eigenvalue weighted by Crippen LogP contribution is 2.29. The van der Waals surface area contributed by atoms with Crippen molar-refractivity contribution < 1.29 is 18.0 Å². The number of nitrogens with one attached hydrogen (secondary N) is 2. The molecule has 2 aromatic rings. The predicted molar refractivity (Wildman–Crippen MR) is 100 cm³/mol. The van der Waals surface area contributed by atoms with E-state index in [0.717, 1.165) is 25.0 Å². The van der Waals surface area contributed by atoms with Gasteiger partial charge in [-0.15, -0.1) is 0 Å². The summed E-state index contributed by atoms with van der Waals surface area (Å²) >= 11 is 0. The van der Waals surface area contributed by atoms with Crippen LogP contribution in [0.15, 0.2) is 36.7 Å². The second-order valence-electron chi connectivity index (χ2n) is 6.68. The molecular formula is C19H19F3N6O. The molecule has 0 atom stereocenters. The average molecular weight is 404 g/mol. The van der Waals surface area contributed by atoms with E-state index in [2.05, 4.69) is 20.6 Å². The van der Waals surface area contributed by atoms with Gasteiger partial charge in [-0.25, -0.2) is 14.8 Å². The average Bonchev–Trinajstić information content (AvgIpc) is 2.72. The number of hydrogen-bond acceptors (Lipinski definition) is 5. The van der Waals surface area contributed by atoms with Crippen LogP contribution in [-0.4, -0.2) is 35.6 Å². The molecule has 2 amide bonds. The molecule has 1 saturated heterocycles. The maximum absolute atomic E-state index is 12.6. The summed E-state index contributed by atoms with van der Waals surface area (Å²) in [5.41, 5.74) is -0.185. The van der Waals surface area contributed by atoms with Crippen molar-refractivity contribution in [2.75, 3.05) is 29.9 Å². The zero-order valence-electron chi connectivity index (χ0n) is 15.4. The second kappa shape index (κ2) is 8.77. The molecule has 1 aliphatic heterocycles. The van der Waals surface area contributed by atoms with Crippen molar-refractivity contribution in [2.45, 2.75) is 19.0 Å². The van der Waals surface area contributed by atoms with Gasteiger partial charge in [-0.1, -0.05) is 0 Å². The lowest BCUT2D eigenvalue weighted by Gasteiger charge is -2.32. The third-order valence-corrected chi connectivity index (χ3v) is 4.72. The minimum absolute atomic E-state index is 0.256. The van der Waals surface area contributed by atoms with E-state index in [-0.39, 0.29) is 11.6 Å². The van der Waals surface area contributed by atoms with Crippen molar-refractivity contribution in [1.29, 1.82) is 5.26 Å². The van der Waals surface area contributed by atoms with Crippen LogP contribution in [-0.2, 0) is 6.18 Å². The Morgan fingerprint density at radius 3 is 2.45 bits per heavy atom. The zero-order valence-corrected chi connectivity index (χ0v) is 15.4. The number of amides is 2. The highest BCUT2D eigenvalue weighted by molar-refractivity contribution is 5.89. The van der Waals surface area contributed by atoms with E-state index in [1.165, 1.54) is 18.3 Å². The van der Waals surface area contributed by atoms with Crippen LogP contribution in [0.25, 0.3) is 0 Å². The number of nitriles is 1. The van der Waals surface area contributed by atoms with Gasteiger partial charge >= 0.3 is 12.2 Å². The Bertz CT molecular complexity index is 886. The molecule has 2 N–H and O–H groups in total. The zero-order chi connectivity index (χ0) is 20.9. The van der Waals surface area contributed by atoms with Crippen molar-refractivity contribution in [1.82, 2.24) is 15.3 Å². The Hall–Kier alpha value is -3.35. The topological polar surface area (TPSA) is 93.9 Å². The normalized spacial score (nSPS) is 14.9. The quantitative estimate of drug-likeness (QED) is 0.815. The van der Waals surface area contributed by atoms with Crippen LogP contribution in [0.2, 0.25) is 0 Å². The lowest BCUT2D eigenvalue weighted by molar-refractivity contribution is -0.137. The van der Waals surface area contributed by atoms with Gasteiger partial charge in [0.05, 0.1) is 5.56 Å². The Morgan fingerprint density at radius 2 is 1.83 bits per heavy atom. The molecule has 2 heterocycles. The summed E-state index contributed by atoms with van der Waals surface area (Å²) in [5.74, 6) is 0.827. The summed E-state index contributed by atoms with van der Waals surface area (Å²) in [6.07, 6.45) is 0.238. The van der Waals surface area contributed by atoms with Gasteiger partial charge in [0.15, 0.2) is 11.5 Å². The first-order valence-electron chi connectivity index (χ1n) is 9.05. The van der Waals surface area contributed by atoms with Gasteiger partial charge in [-0.2, -0.15) is 18.4 Å². The first-order valence-corrected chi connectivity index (χ1v) is 9.05. The second-order valence-corrected chi connectivity index (χ2v) is 6.68. The molecule has 1 aliphatic rings. The van der Waals surface area contributed by atoms with E-state index >= 15 is 0 Å². The summed E-state index contributed by atoms with van der Waals surface area (Å²) in [4.78, 5) is 22.2. The van der Waals surface area contributed by atoms with Crippen LogP contribution in [0.1, 0.15) is 24.1 Å². The Balaban J connectivity index is 1.44. The number of piperidine rings is 1. The van der Waals surface area contributed by atoms with Gasteiger partial charge in [0, 0.05) is 37.7 Å². The summed E-state index contributed by atoms with van der Waals surface area (Å²) in [6.45, 7) is 1.84. The molecule has 152 valence electrons. The Labute approximate surface area is 165 Å². The fraction of sp³-hybridized carbons (Fsp3) is 0.368. The number of benzene rings is 1. The number of alkyl halides is 3. The van der Waals surface area contributed by atoms with Crippen LogP contribution < -0.4 is 15.5 Å². The van der Waals surface area contributed by atoms with E-state index in [4.69, 9.17) is 5.26 Å². The van der Waals surface area contributed by atoms with E-state index in [1.807, 2.05) is 11.0 Å². The van der Waals surface area contributed by atoms with Crippen molar-refractivity contribution in [3.63, 3.8) is 0 Å². The molecule has 1 aromatic heterocycles. The first kappa shape index (κ1) is 20.4. The highest BCUT2D eigenvalue weighted by Gasteiger charge is 2.30. The summed E-state index contributed by atoms with van der Waals surface area (Å²) in [5, 5.41) is 14.4. The molecule has 1 aromatic carbocycles. The lowest BCUT2D eigenvalue weighted by Crippen LogP contribution is -2.40. The molecule has 0 spiro atoms. The maximum atomic E-state index is 12.6. The number of halogens is 3. The molecular weight excluding hydrogens is 385 g/mol. The molecule has 0 aliphatic carbocycles. The number of hydrogen-bond donors (Lipinski definition) is 2. The standard InChI is InChI=1S/C19H19F3N6O/c20-19(21,22)14-1-3-15(4-2-14)27-18(29)26-12-13-5-9-28(10-6-13)17-16(11-23)24-7-8-25-17/h1-4,7-8,13H,5-6,9-10,12H2,(H2,26,27,29). The van der Waals surface area contributed by atoms with E-state index in [1.54, 1.807) is 6.20 Å².